The minimum Gasteiger partial charge on any atom is -0.476 e. The molecule has 0 unspecified atom stereocenters. The van der Waals surface area contributed by atoms with E-state index < -0.39 is 5.97 Å². The molecule has 1 saturated carbocycles. The summed E-state index contributed by atoms with van der Waals surface area (Å²) in [4.78, 5) is 16.8. The molecular formula is C13H17ClN2O3. The fraction of sp³-hybridized carbons (Fsp3) is 0.538. The van der Waals surface area contributed by atoms with Gasteiger partial charge in [0.05, 0.1) is 11.6 Å². The Morgan fingerprint density at radius 2 is 2.32 bits per heavy atom. The molecule has 1 aliphatic rings. The summed E-state index contributed by atoms with van der Waals surface area (Å²) in [6.07, 6.45) is 2.55. The van der Waals surface area contributed by atoms with E-state index in [0.29, 0.717) is 19.0 Å². The highest BCUT2D eigenvalue weighted by Crippen LogP contribution is 2.28. The molecule has 1 N–H and O–H groups in total. The van der Waals surface area contributed by atoms with Crippen LogP contribution in [0.2, 0.25) is 5.02 Å². The Morgan fingerprint density at radius 1 is 1.58 bits per heavy atom. The predicted octanol–water partition coefficient (Wildman–Crippen LogP) is 2.30. The Hall–Kier alpha value is -1.33. The summed E-state index contributed by atoms with van der Waals surface area (Å²) in [7, 11) is 1.85. The van der Waals surface area contributed by atoms with Crippen molar-refractivity contribution in [2.45, 2.75) is 12.8 Å². The van der Waals surface area contributed by atoms with Crippen molar-refractivity contribution >= 4 is 23.4 Å². The standard InChI is InChI=1S/C13H17ClN2O3/c1-16(6-7-19-8-9-2-3-9)11-5-4-10(14)12(15-11)13(17)18/h4-5,9H,2-3,6-8H2,1H3,(H,17,18). The van der Waals surface area contributed by atoms with Gasteiger partial charge in [-0.15, -0.1) is 0 Å². The molecule has 19 heavy (non-hydrogen) atoms. The highest BCUT2D eigenvalue weighted by molar-refractivity contribution is 6.33. The van der Waals surface area contributed by atoms with Crippen LogP contribution in [0.1, 0.15) is 23.3 Å². The first kappa shape index (κ1) is 14.1. The van der Waals surface area contributed by atoms with Crippen molar-refractivity contribution in [3.05, 3.63) is 22.8 Å². The second kappa shape index (κ2) is 6.21. The van der Waals surface area contributed by atoms with Crippen LogP contribution in [-0.4, -0.2) is 42.9 Å². The maximum Gasteiger partial charge on any atom is 0.356 e. The van der Waals surface area contributed by atoms with Crippen molar-refractivity contribution in [2.24, 2.45) is 5.92 Å². The van der Waals surface area contributed by atoms with Gasteiger partial charge in [-0.3, -0.25) is 0 Å². The van der Waals surface area contributed by atoms with Gasteiger partial charge in [0.2, 0.25) is 0 Å². The lowest BCUT2D eigenvalue weighted by molar-refractivity contribution is 0.0691. The van der Waals surface area contributed by atoms with E-state index in [1.54, 1.807) is 12.1 Å². The molecule has 0 amide bonds. The van der Waals surface area contributed by atoms with E-state index >= 15 is 0 Å². The lowest BCUT2D eigenvalue weighted by atomic mass is 10.3. The number of nitrogens with zero attached hydrogens (tertiary/aromatic N) is 2. The highest BCUT2D eigenvalue weighted by Gasteiger charge is 2.21. The van der Waals surface area contributed by atoms with Gasteiger partial charge in [0.25, 0.3) is 0 Å². The number of carboxylic acids is 1. The SMILES string of the molecule is CN(CCOCC1CC1)c1ccc(Cl)c(C(=O)O)n1. The first-order valence-electron chi connectivity index (χ1n) is 6.26. The van der Waals surface area contributed by atoms with Crippen molar-refractivity contribution in [1.82, 2.24) is 4.98 Å². The van der Waals surface area contributed by atoms with Crippen LogP contribution < -0.4 is 4.90 Å². The van der Waals surface area contributed by atoms with Crippen molar-refractivity contribution in [3.8, 4) is 0 Å². The van der Waals surface area contributed by atoms with Gasteiger partial charge in [-0.25, -0.2) is 9.78 Å². The van der Waals surface area contributed by atoms with Crippen molar-refractivity contribution < 1.29 is 14.6 Å². The predicted molar refractivity (Wildman–Crippen MR) is 73.0 cm³/mol. The molecule has 1 fully saturated rings. The molecule has 0 bridgehead atoms. The number of anilines is 1. The molecule has 2 rings (SSSR count). The number of likely N-dealkylation sites (N-methyl/N-ethyl adjacent to an activating group) is 1. The fourth-order valence-corrected chi connectivity index (χ4v) is 1.83. The van der Waals surface area contributed by atoms with E-state index in [2.05, 4.69) is 4.98 Å². The molecule has 0 spiro atoms. The number of hydrogen-bond donors (Lipinski definition) is 1. The van der Waals surface area contributed by atoms with E-state index in [1.807, 2.05) is 11.9 Å². The van der Waals surface area contributed by atoms with Crippen LogP contribution in [0.15, 0.2) is 12.1 Å². The Labute approximate surface area is 117 Å². The molecule has 0 radical (unpaired) electrons. The second-order valence-electron chi connectivity index (χ2n) is 4.74. The van der Waals surface area contributed by atoms with Gasteiger partial charge < -0.3 is 14.7 Å². The number of hydrogen-bond acceptors (Lipinski definition) is 4. The summed E-state index contributed by atoms with van der Waals surface area (Å²) in [5, 5.41) is 9.11. The van der Waals surface area contributed by atoms with Gasteiger partial charge in [-0.05, 0) is 30.9 Å². The Morgan fingerprint density at radius 3 is 2.95 bits per heavy atom. The highest BCUT2D eigenvalue weighted by atomic mass is 35.5. The van der Waals surface area contributed by atoms with E-state index in [-0.39, 0.29) is 10.7 Å². The summed E-state index contributed by atoms with van der Waals surface area (Å²) < 4.78 is 5.54. The van der Waals surface area contributed by atoms with Crippen molar-refractivity contribution in [3.63, 3.8) is 0 Å². The average Bonchev–Trinajstić information content (AvgIpc) is 3.18. The van der Waals surface area contributed by atoms with Crippen LogP contribution >= 0.6 is 11.6 Å². The molecule has 1 aromatic heterocycles. The molecular weight excluding hydrogens is 268 g/mol. The van der Waals surface area contributed by atoms with Gasteiger partial charge in [0.1, 0.15) is 5.82 Å². The topological polar surface area (TPSA) is 62.7 Å². The van der Waals surface area contributed by atoms with E-state index in [1.165, 1.54) is 12.8 Å². The summed E-state index contributed by atoms with van der Waals surface area (Å²) in [6, 6.07) is 3.25. The number of halogens is 1. The molecule has 5 nitrogen and oxygen atoms in total. The van der Waals surface area contributed by atoms with Crippen LogP contribution in [0.3, 0.4) is 0 Å². The first-order valence-corrected chi connectivity index (χ1v) is 6.64. The number of carbonyl (C=O) groups is 1. The third kappa shape index (κ3) is 4.08. The fourth-order valence-electron chi connectivity index (χ4n) is 1.64. The van der Waals surface area contributed by atoms with Crippen LogP contribution in [0, 0.1) is 5.92 Å². The lowest BCUT2D eigenvalue weighted by Crippen LogP contribution is -2.24. The second-order valence-corrected chi connectivity index (χ2v) is 5.15. The number of pyridine rings is 1. The molecule has 1 aromatic rings. The van der Waals surface area contributed by atoms with Crippen molar-refractivity contribution in [1.29, 1.82) is 0 Å². The maximum atomic E-state index is 10.9. The summed E-state index contributed by atoms with van der Waals surface area (Å²) in [5.74, 6) is 0.208. The normalized spacial score (nSPS) is 14.4. The minimum atomic E-state index is -1.12. The zero-order chi connectivity index (χ0) is 13.8. The molecule has 1 heterocycles. The summed E-state index contributed by atoms with van der Waals surface area (Å²) >= 11 is 5.78. The first-order chi connectivity index (χ1) is 9.08. The molecule has 0 aliphatic heterocycles. The zero-order valence-corrected chi connectivity index (χ0v) is 11.6. The number of ether oxygens (including phenoxy) is 1. The third-order valence-corrected chi connectivity index (χ3v) is 3.35. The van der Waals surface area contributed by atoms with Crippen LogP contribution in [0.25, 0.3) is 0 Å². The monoisotopic (exact) mass is 284 g/mol. The van der Waals surface area contributed by atoms with Crippen LogP contribution in [0.4, 0.5) is 5.82 Å². The number of carboxylic acid groups (broad SMARTS) is 1. The largest absolute Gasteiger partial charge is 0.476 e. The Bertz CT molecular complexity index is 463. The molecule has 0 aromatic carbocycles. The van der Waals surface area contributed by atoms with Crippen molar-refractivity contribution in [2.75, 3.05) is 31.7 Å². The number of aromatic nitrogens is 1. The van der Waals surface area contributed by atoms with E-state index in [0.717, 1.165) is 12.5 Å². The van der Waals surface area contributed by atoms with Gasteiger partial charge in [0, 0.05) is 20.2 Å². The summed E-state index contributed by atoms with van der Waals surface area (Å²) in [5.41, 5.74) is -0.120. The van der Waals surface area contributed by atoms with Crippen LogP contribution in [-0.2, 0) is 4.74 Å². The molecule has 6 heteroatoms. The Kier molecular flexibility index (Phi) is 4.61. The molecule has 104 valence electrons. The van der Waals surface area contributed by atoms with E-state index in [4.69, 9.17) is 21.4 Å². The lowest BCUT2D eigenvalue weighted by Gasteiger charge is -2.18. The minimum absolute atomic E-state index is 0.120. The number of rotatable bonds is 7. The molecule has 1 aliphatic carbocycles. The zero-order valence-electron chi connectivity index (χ0n) is 10.8. The summed E-state index contributed by atoms with van der Waals surface area (Å²) in [6.45, 7) is 2.10. The molecule has 0 saturated heterocycles. The van der Waals surface area contributed by atoms with Crippen LogP contribution in [0.5, 0.6) is 0 Å². The average molecular weight is 285 g/mol. The molecule has 0 atom stereocenters. The van der Waals surface area contributed by atoms with Gasteiger partial charge in [-0.1, -0.05) is 11.6 Å². The van der Waals surface area contributed by atoms with Gasteiger partial charge in [0.15, 0.2) is 5.69 Å². The smallest absolute Gasteiger partial charge is 0.356 e. The maximum absolute atomic E-state index is 10.9. The van der Waals surface area contributed by atoms with E-state index in [9.17, 15) is 4.79 Å². The van der Waals surface area contributed by atoms with Gasteiger partial charge in [-0.2, -0.15) is 0 Å². The quantitative estimate of drug-likeness (QED) is 0.779. The number of aromatic carboxylic acids is 1. The third-order valence-electron chi connectivity index (χ3n) is 3.05. The Balaban J connectivity index is 1.88. The van der Waals surface area contributed by atoms with Gasteiger partial charge >= 0.3 is 5.97 Å².